The largest absolute Gasteiger partial charge is 0.461 e. The second kappa shape index (κ2) is 5.92. The van der Waals surface area contributed by atoms with Gasteiger partial charge in [0.25, 0.3) is 0 Å². The number of carbonyl (C=O) groups is 3. The third kappa shape index (κ3) is 3.27. The van der Waals surface area contributed by atoms with E-state index in [1.807, 2.05) is 0 Å². The predicted octanol–water partition coefficient (Wildman–Crippen LogP) is 0.388. The van der Waals surface area contributed by atoms with Crippen molar-refractivity contribution in [2.45, 2.75) is 44.7 Å². The van der Waals surface area contributed by atoms with Crippen LogP contribution in [0.5, 0.6) is 0 Å². The number of β-lactam (4-membered cyclic amide) rings is 1. The molecule has 2 atom stereocenters. The molecule has 0 saturated carbocycles. The van der Waals surface area contributed by atoms with Crippen molar-refractivity contribution in [3.8, 4) is 0 Å². The summed E-state index contributed by atoms with van der Waals surface area (Å²) in [6.07, 6.45) is 0. The molecular formula is C14H20N2O5S. The van der Waals surface area contributed by atoms with E-state index in [1.165, 1.54) is 23.6 Å². The molecule has 0 aromatic heterocycles. The molecule has 22 heavy (non-hydrogen) atoms. The SMILES string of the molecule is CC(=O)OCC1=C(C(=O)OC(C)(C)C)N2C(=O)[C@H](N)C2SC1. The Hall–Kier alpha value is -1.54. The molecule has 0 bridgehead atoms. The van der Waals surface area contributed by atoms with Crippen LogP contribution in [0, 0.1) is 0 Å². The van der Waals surface area contributed by atoms with Gasteiger partial charge in [-0.3, -0.25) is 14.5 Å². The maximum atomic E-state index is 12.4. The Morgan fingerprint density at radius 1 is 1.41 bits per heavy atom. The molecule has 2 N–H and O–H groups in total. The summed E-state index contributed by atoms with van der Waals surface area (Å²) < 4.78 is 10.3. The second-order valence-electron chi connectivity index (χ2n) is 6.17. The minimum atomic E-state index is -0.688. The molecule has 2 heterocycles. The zero-order valence-electron chi connectivity index (χ0n) is 13.0. The van der Waals surface area contributed by atoms with Crippen LogP contribution in [0.25, 0.3) is 0 Å². The second-order valence-corrected chi connectivity index (χ2v) is 7.27. The standard InChI is InChI=1S/C14H20N2O5S/c1-7(17)20-5-8-6-22-12-9(15)11(18)16(12)10(8)13(19)21-14(2,3)4/h9,12H,5-6,15H2,1-4H3/t9-,12?/m0/s1. The fourth-order valence-electron chi connectivity index (χ4n) is 2.19. The first-order valence-corrected chi connectivity index (χ1v) is 7.95. The van der Waals surface area contributed by atoms with Crippen molar-refractivity contribution < 1.29 is 23.9 Å². The number of esters is 2. The third-order valence-electron chi connectivity index (χ3n) is 3.13. The summed E-state index contributed by atoms with van der Waals surface area (Å²) in [5, 5.41) is -0.268. The Labute approximate surface area is 133 Å². The molecule has 122 valence electrons. The van der Waals surface area contributed by atoms with Gasteiger partial charge >= 0.3 is 11.9 Å². The number of hydrogen-bond donors (Lipinski definition) is 1. The first-order valence-electron chi connectivity index (χ1n) is 6.91. The monoisotopic (exact) mass is 328 g/mol. The fourth-order valence-corrected chi connectivity index (χ4v) is 3.47. The van der Waals surface area contributed by atoms with Gasteiger partial charge < -0.3 is 15.2 Å². The van der Waals surface area contributed by atoms with Crippen molar-refractivity contribution in [1.82, 2.24) is 4.90 Å². The van der Waals surface area contributed by atoms with Crippen LogP contribution in [0.2, 0.25) is 0 Å². The van der Waals surface area contributed by atoms with E-state index in [1.54, 1.807) is 20.8 Å². The highest BCUT2D eigenvalue weighted by atomic mass is 32.2. The lowest BCUT2D eigenvalue weighted by Gasteiger charge is -2.48. The lowest BCUT2D eigenvalue weighted by Crippen LogP contribution is -2.68. The molecule has 0 radical (unpaired) electrons. The highest BCUT2D eigenvalue weighted by Crippen LogP contribution is 2.40. The van der Waals surface area contributed by atoms with Gasteiger partial charge in [0.2, 0.25) is 5.91 Å². The average Bonchev–Trinajstić information content (AvgIpc) is 2.41. The number of nitrogens with zero attached hydrogens (tertiary/aromatic N) is 1. The van der Waals surface area contributed by atoms with Gasteiger partial charge in [-0.2, -0.15) is 0 Å². The average molecular weight is 328 g/mol. The van der Waals surface area contributed by atoms with E-state index in [-0.39, 0.29) is 23.6 Å². The summed E-state index contributed by atoms with van der Waals surface area (Å²) in [4.78, 5) is 36.8. The van der Waals surface area contributed by atoms with Crippen molar-refractivity contribution in [1.29, 1.82) is 0 Å². The van der Waals surface area contributed by atoms with Gasteiger partial charge in [-0.05, 0) is 20.8 Å². The van der Waals surface area contributed by atoms with Crippen LogP contribution in [0.15, 0.2) is 11.3 Å². The number of ether oxygens (including phenoxy) is 2. The maximum absolute atomic E-state index is 12.4. The van der Waals surface area contributed by atoms with Gasteiger partial charge in [0.15, 0.2) is 0 Å². The smallest absolute Gasteiger partial charge is 0.355 e. The first kappa shape index (κ1) is 16.8. The van der Waals surface area contributed by atoms with Gasteiger partial charge in [0.05, 0.1) is 0 Å². The molecule has 8 heteroatoms. The number of nitrogens with two attached hydrogens (primary N) is 1. The van der Waals surface area contributed by atoms with E-state index >= 15 is 0 Å². The van der Waals surface area contributed by atoms with Gasteiger partial charge in [-0.25, -0.2) is 4.79 Å². The highest BCUT2D eigenvalue weighted by molar-refractivity contribution is 8.00. The fraction of sp³-hybridized carbons (Fsp3) is 0.643. The Kier molecular flexibility index (Phi) is 4.53. The maximum Gasteiger partial charge on any atom is 0.355 e. The molecule has 7 nitrogen and oxygen atoms in total. The molecule has 1 amide bonds. The Balaban J connectivity index is 2.30. The topological polar surface area (TPSA) is 98.9 Å². The van der Waals surface area contributed by atoms with Crippen LogP contribution in [0.4, 0.5) is 0 Å². The highest BCUT2D eigenvalue weighted by Gasteiger charge is 2.52. The summed E-state index contributed by atoms with van der Waals surface area (Å²) in [6, 6.07) is -0.613. The number of thioether (sulfide) groups is 1. The van der Waals surface area contributed by atoms with Crippen molar-refractivity contribution in [3.63, 3.8) is 0 Å². The minimum absolute atomic E-state index is 0.0390. The van der Waals surface area contributed by atoms with Crippen molar-refractivity contribution in [3.05, 3.63) is 11.3 Å². The normalized spacial score (nSPS) is 24.6. The van der Waals surface area contributed by atoms with Gasteiger partial charge in [0, 0.05) is 18.2 Å². The van der Waals surface area contributed by atoms with E-state index < -0.39 is 23.6 Å². The van der Waals surface area contributed by atoms with Crippen LogP contribution in [0.1, 0.15) is 27.7 Å². The molecule has 0 aromatic carbocycles. The van der Waals surface area contributed by atoms with E-state index in [9.17, 15) is 14.4 Å². The quantitative estimate of drug-likeness (QED) is 0.591. The lowest BCUT2D eigenvalue weighted by atomic mass is 10.0. The van der Waals surface area contributed by atoms with E-state index in [0.717, 1.165) is 0 Å². The molecule has 0 aliphatic carbocycles. The number of fused-ring (bicyclic) bond motifs is 1. The van der Waals surface area contributed by atoms with Crippen LogP contribution < -0.4 is 5.73 Å². The molecule has 2 rings (SSSR count). The molecule has 1 saturated heterocycles. The van der Waals surface area contributed by atoms with Crippen molar-refractivity contribution >= 4 is 29.6 Å². The van der Waals surface area contributed by atoms with Crippen LogP contribution in [-0.2, 0) is 23.9 Å². The van der Waals surface area contributed by atoms with Crippen molar-refractivity contribution in [2.24, 2.45) is 5.73 Å². The lowest BCUT2D eigenvalue weighted by molar-refractivity contribution is -0.158. The predicted molar refractivity (Wildman–Crippen MR) is 80.6 cm³/mol. The molecule has 1 unspecified atom stereocenters. The zero-order valence-corrected chi connectivity index (χ0v) is 13.9. The van der Waals surface area contributed by atoms with Gasteiger partial charge in [0.1, 0.15) is 29.3 Å². The van der Waals surface area contributed by atoms with Crippen LogP contribution >= 0.6 is 11.8 Å². The third-order valence-corrected chi connectivity index (χ3v) is 4.49. The first-order chi connectivity index (χ1) is 10.1. The number of carbonyl (C=O) groups excluding carboxylic acids is 3. The number of rotatable bonds is 3. The summed E-state index contributed by atoms with van der Waals surface area (Å²) in [7, 11) is 0. The molecule has 2 aliphatic heterocycles. The number of hydrogen-bond acceptors (Lipinski definition) is 7. The summed E-state index contributed by atoms with van der Waals surface area (Å²) in [5.41, 5.74) is 5.79. The Morgan fingerprint density at radius 3 is 2.59 bits per heavy atom. The molecule has 0 aromatic rings. The molecule has 2 aliphatic rings. The van der Waals surface area contributed by atoms with Crippen LogP contribution in [-0.4, -0.2) is 52.1 Å². The van der Waals surface area contributed by atoms with E-state index in [2.05, 4.69) is 0 Å². The molecular weight excluding hydrogens is 308 g/mol. The summed E-state index contributed by atoms with van der Waals surface area (Å²) in [5.74, 6) is -0.905. The zero-order chi connectivity index (χ0) is 16.7. The number of amides is 1. The van der Waals surface area contributed by atoms with Gasteiger partial charge in [-0.1, -0.05) is 0 Å². The Bertz CT molecular complexity index is 552. The molecule has 1 fully saturated rings. The summed E-state index contributed by atoms with van der Waals surface area (Å²) >= 11 is 1.45. The Morgan fingerprint density at radius 2 is 2.05 bits per heavy atom. The van der Waals surface area contributed by atoms with Crippen molar-refractivity contribution in [2.75, 3.05) is 12.4 Å². The summed E-state index contributed by atoms with van der Waals surface area (Å²) in [6.45, 7) is 6.49. The minimum Gasteiger partial charge on any atom is -0.461 e. The van der Waals surface area contributed by atoms with E-state index in [0.29, 0.717) is 11.3 Å². The van der Waals surface area contributed by atoms with Gasteiger partial charge in [-0.15, -0.1) is 11.8 Å². The van der Waals surface area contributed by atoms with Crippen LogP contribution in [0.3, 0.4) is 0 Å². The van der Waals surface area contributed by atoms with E-state index in [4.69, 9.17) is 15.2 Å². The molecule has 0 spiro atoms.